The molecule has 1 aromatic carbocycles. The van der Waals surface area contributed by atoms with Gasteiger partial charge in [0.05, 0.1) is 12.6 Å². The number of amides is 1. The quantitative estimate of drug-likeness (QED) is 0.834. The molecule has 1 aromatic heterocycles. The smallest absolute Gasteiger partial charge is 0.217 e. The summed E-state index contributed by atoms with van der Waals surface area (Å²) in [6.45, 7) is 7.54. The molecule has 2 aromatic rings. The first-order valence-electron chi connectivity index (χ1n) is 10.1. The van der Waals surface area contributed by atoms with Gasteiger partial charge in [-0.25, -0.2) is 4.98 Å². The van der Waals surface area contributed by atoms with Gasteiger partial charge in [0.25, 0.3) is 0 Å². The Morgan fingerprint density at radius 1 is 1.11 bits per heavy atom. The Labute approximate surface area is 166 Å². The summed E-state index contributed by atoms with van der Waals surface area (Å²) in [6, 6.07) is 14.3. The van der Waals surface area contributed by atoms with Crippen molar-refractivity contribution in [2.45, 2.75) is 38.8 Å². The molecular formula is C22H28N4O2. The Morgan fingerprint density at radius 3 is 2.46 bits per heavy atom. The van der Waals surface area contributed by atoms with Gasteiger partial charge in [-0.05, 0) is 43.2 Å². The number of nitrogens with zero attached hydrogens (tertiary/aromatic N) is 3. The van der Waals surface area contributed by atoms with Crippen LogP contribution in [0.1, 0.15) is 38.3 Å². The molecule has 0 aliphatic carbocycles. The van der Waals surface area contributed by atoms with Crippen LogP contribution in [0.3, 0.4) is 0 Å². The van der Waals surface area contributed by atoms with Crippen LogP contribution in [0.2, 0.25) is 0 Å². The van der Waals surface area contributed by atoms with Crippen molar-refractivity contribution in [3.63, 3.8) is 0 Å². The van der Waals surface area contributed by atoms with Crippen LogP contribution in [0.25, 0.3) is 0 Å². The lowest BCUT2D eigenvalue weighted by Gasteiger charge is -2.32. The van der Waals surface area contributed by atoms with E-state index in [1.807, 2.05) is 31.2 Å². The third-order valence-electron chi connectivity index (χ3n) is 5.47. The second kappa shape index (κ2) is 8.09. The number of anilines is 2. The lowest BCUT2D eigenvalue weighted by Crippen LogP contribution is -2.37. The number of ether oxygens (including phenoxy) is 1. The molecule has 2 atom stereocenters. The van der Waals surface area contributed by atoms with Crippen LogP contribution in [0.4, 0.5) is 11.6 Å². The van der Waals surface area contributed by atoms with Crippen LogP contribution in [0, 0.1) is 0 Å². The first kappa shape index (κ1) is 18.6. The highest BCUT2D eigenvalue weighted by Crippen LogP contribution is 2.26. The van der Waals surface area contributed by atoms with Crippen molar-refractivity contribution in [1.82, 2.24) is 10.3 Å². The molecule has 2 saturated heterocycles. The van der Waals surface area contributed by atoms with Gasteiger partial charge in [-0.2, -0.15) is 0 Å². The topological polar surface area (TPSA) is 57.7 Å². The van der Waals surface area contributed by atoms with E-state index >= 15 is 0 Å². The predicted molar refractivity (Wildman–Crippen MR) is 111 cm³/mol. The second-order valence-electron chi connectivity index (χ2n) is 7.66. The number of aromatic nitrogens is 1. The number of nitrogens with one attached hydrogen (secondary N) is 1. The van der Waals surface area contributed by atoms with E-state index in [0.717, 1.165) is 55.5 Å². The van der Waals surface area contributed by atoms with Crippen molar-refractivity contribution in [3.8, 4) is 5.75 Å². The maximum atomic E-state index is 11.2. The van der Waals surface area contributed by atoms with Crippen LogP contribution in [-0.2, 0) is 4.79 Å². The minimum Gasteiger partial charge on any atom is -0.489 e. The standard InChI is InChI=1S/C22H28N4O2/c1-16(23-17(2)27)18-7-9-19(10-8-18)28-20-11-14-26(15-20)22-6-3-5-21(24-22)25-12-4-13-25/h3,5-10,16,20H,4,11-15H2,1-2H3,(H,23,27)/t16-,20+/m0/s1. The van der Waals surface area contributed by atoms with Crippen molar-refractivity contribution in [2.75, 3.05) is 36.0 Å². The molecule has 2 aliphatic rings. The molecule has 0 bridgehead atoms. The molecule has 148 valence electrons. The summed E-state index contributed by atoms with van der Waals surface area (Å²) < 4.78 is 6.19. The molecule has 0 spiro atoms. The Bertz CT molecular complexity index is 820. The summed E-state index contributed by atoms with van der Waals surface area (Å²) in [7, 11) is 0. The van der Waals surface area contributed by atoms with Gasteiger partial charge in [0, 0.05) is 33.0 Å². The monoisotopic (exact) mass is 380 g/mol. The number of pyridine rings is 1. The molecule has 28 heavy (non-hydrogen) atoms. The average molecular weight is 380 g/mol. The summed E-state index contributed by atoms with van der Waals surface area (Å²) in [4.78, 5) is 20.7. The highest BCUT2D eigenvalue weighted by Gasteiger charge is 2.26. The van der Waals surface area contributed by atoms with Gasteiger partial charge in [0.2, 0.25) is 5.91 Å². The number of rotatable bonds is 6. The van der Waals surface area contributed by atoms with Gasteiger partial charge in [-0.15, -0.1) is 0 Å². The van der Waals surface area contributed by atoms with Crippen LogP contribution < -0.4 is 19.9 Å². The Balaban J connectivity index is 1.34. The highest BCUT2D eigenvalue weighted by atomic mass is 16.5. The van der Waals surface area contributed by atoms with Crippen LogP contribution >= 0.6 is 0 Å². The highest BCUT2D eigenvalue weighted by molar-refractivity contribution is 5.73. The molecule has 0 unspecified atom stereocenters. The van der Waals surface area contributed by atoms with Gasteiger partial charge in [0.1, 0.15) is 23.5 Å². The maximum Gasteiger partial charge on any atom is 0.217 e. The summed E-state index contributed by atoms with van der Waals surface area (Å²) in [5, 5.41) is 2.90. The number of hydrogen-bond acceptors (Lipinski definition) is 5. The third-order valence-corrected chi connectivity index (χ3v) is 5.47. The fourth-order valence-corrected chi connectivity index (χ4v) is 3.76. The van der Waals surface area contributed by atoms with Crippen LogP contribution in [0.5, 0.6) is 5.75 Å². The molecular weight excluding hydrogens is 352 g/mol. The van der Waals surface area contributed by atoms with Crippen molar-refractivity contribution in [1.29, 1.82) is 0 Å². The molecule has 6 nitrogen and oxygen atoms in total. The molecule has 1 N–H and O–H groups in total. The molecule has 1 amide bonds. The van der Waals surface area contributed by atoms with Crippen molar-refractivity contribution in [2.24, 2.45) is 0 Å². The molecule has 2 fully saturated rings. The number of carbonyl (C=O) groups excluding carboxylic acids is 1. The number of carbonyl (C=O) groups is 1. The van der Waals surface area contributed by atoms with Crippen LogP contribution in [-0.4, -0.2) is 43.2 Å². The van der Waals surface area contributed by atoms with Crippen molar-refractivity contribution < 1.29 is 9.53 Å². The first-order chi connectivity index (χ1) is 13.6. The van der Waals surface area contributed by atoms with Crippen LogP contribution in [0.15, 0.2) is 42.5 Å². The summed E-state index contributed by atoms with van der Waals surface area (Å²) in [5.41, 5.74) is 1.07. The molecule has 4 rings (SSSR count). The predicted octanol–water partition coefficient (Wildman–Crippen LogP) is 3.15. The normalized spacial score (nSPS) is 19.9. The van der Waals surface area contributed by atoms with E-state index in [-0.39, 0.29) is 18.1 Å². The second-order valence-corrected chi connectivity index (χ2v) is 7.66. The van der Waals surface area contributed by atoms with Gasteiger partial charge >= 0.3 is 0 Å². The Hall–Kier alpha value is -2.76. The summed E-state index contributed by atoms with van der Waals surface area (Å²) >= 11 is 0. The van der Waals surface area contributed by atoms with E-state index in [1.54, 1.807) is 0 Å². The Kier molecular flexibility index (Phi) is 5.37. The van der Waals surface area contributed by atoms with Gasteiger partial charge in [-0.3, -0.25) is 4.79 Å². The third kappa shape index (κ3) is 4.21. The lowest BCUT2D eigenvalue weighted by atomic mass is 10.1. The minimum atomic E-state index is -0.0225. The average Bonchev–Trinajstić information content (AvgIpc) is 3.09. The number of benzene rings is 1. The Morgan fingerprint density at radius 2 is 1.82 bits per heavy atom. The van der Waals surface area contributed by atoms with Crippen molar-refractivity contribution in [3.05, 3.63) is 48.0 Å². The molecule has 0 saturated carbocycles. The fraction of sp³-hybridized carbons (Fsp3) is 0.455. The van der Waals surface area contributed by atoms with E-state index in [9.17, 15) is 4.79 Å². The molecule has 6 heteroatoms. The number of hydrogen-bond donors (Lipinski definition) is 1. The molecule has 2 aliphatic heterocycles. The zero-order valence-electron chi connectivity index (χ0n) is 16.6. The summed E-state index contributed by atoms with van der Waals surface area (Å²) in [6.07, 6.45) is 2.40. The SMILES string of the molecule is CC(=O)N[C@@H](C)c1ccc(O[C@@H]2CCN(c3cccc(N4CCC4)n3)C2)cc1. The lowest BCUT2D eigenvalue weighted by molar-refractivity contribution is -0.119. The van der Waals surface area contributed by atoms with E-state index < -0.39 is 0 Å². The van der Waals surface area contributed by atoms with E-state index in [2.05, 4.69) is 33.3 Å². The van der Waals surface area contributed by atoms with Gasteiger partial charge in [-0.1, -0.05) is 18.2 Å². The zero-order valence-corrected chi connectivity index (χ0v) is 16.6. The molecule has 0 radical (unpaired) electrons. The maximum absolute atomic E-state index is 11.2. The largest absolute Gasteiger partial charge is 0.489 e. The fourth-order valence-electron chi connectivity index (χ4n) is 3.76. The molecule has 3 heterocycles. The minimum absolute atomic E-state index is 0.00159. The van der Waals surface area contributed by atoms with Gasteiger partial charge < -0.3 is 19.9 Å². The first-order valence-corrected chi connectivity index (χ1v) is 10.1. The summed E-state index contributed by atoms with van der Waals surface area (Å²) in [5.74, 6) is 2.96. The van der Waals surface area contributed by atoms with Gasteiger partial charge in [0.15, 0.2) is 0 Å². The van der Waals surface area contributed by atoms with E-state index in [4.69, 9.17) is 9.72 Å². The zero-order chi connectivity index (χ0) is 19.5. The van der Waals surface area contributed by atoms with E-state index in [0.29, 0.717) is 0 Å². The van der Waals surface area contributed by atoms with E-state index in [1.165, 1.54) is 13.3 Å². The van der Waals surface area contributed by atoms with Crippen molar-refractivity contribution >= 4 is 17.5 Å².